The molecule has 1 rings (SSSR count). The SMILES string of the molecule is CCN(C)c1ccc(C(N)=S)cc1Cl. The van der Waals surface area contributed by atoms with Gasteiger partial charge in [0, 0.05) is 19.2 Å². The number of thiocarbonyl (C=S) groups is 1. The molecule has 1 aromatic carbocycles. The lowest BCUT2D eigenvalue weighted by molar-refractivity contribution is 0.968. The average Bonchev–Trinajstić information content (AvgIpc) is 2.16. The smallest absolute Gasteiger partial charge is 0.104 e. The molecule has 4 heteroatoms. The Bertz CT molecular complexity index is 352. The third-order valence-electron chi connectivity index (χ3n) is 2.12. The van der Waals surface area contributed by atoms with Gasteiger partial charge < -0.3 is 10.6 Å². The van der Waals surface area contributed by atoms with Gasteiger partial charge >= 0.3 is 0 Å². The molecule has 0 aliphatic carbocycles. The quantitative estimate of drug-likeness (QED) is 0.806. The fourth-order valence-electron chi connectivity index (χ4n) is 1.14. The molecule has 0 atom stereocenters. The Morgan fingerprint density at radius 1 is 1.57 bits per heavy atom. The van der Waals surface area contributed by atoms with Gasteiger partial charge in [0.25, 0.3) is 0 Å². The molecule has 0 radical (unpaired) electrons. The lowest BCUT2D eigenvalue weighted by Crippen LogP contribution is -2.17. The third kappa shape index (κ3) is 2.36. The van der Waals surface area contributed by atoms with Crippen LogP contribution in [0.15, 0.2) is 18.2 Å². The molecule has 0 aromatic heterocycles. The fraction of sp³-hybridized carbons (Fsp3) is 0.300. The van der Waals surface area contributed by atoms with Crippen molar-refractivity contribution in [2.75, 3.05) is 18.5 Å². The average molecular weight is 229 g/mol. The van der Waals surface area contributed by atoms with E-state index < -0.39 is 0 Å². The lowest BCUT2D eigenvalue weighted by Gasteiger charge is -2.18. The lowest BCUT2D eigenvalue weighted by atomic mass is 10.2. The van der Waals surface area contributed by atoms with Crippen LogP contribution in [0.5, 0.6) is 0 Å². The predicted octanol–water partition coefficient (Wildman–Crippen LogP) is 2.43. The van der Waals surface area contributed by atoms with Crippen LogP contribution >= 0.6 is 23.8 Å². The van der Waals surface area contributed by atoms with E-state index in [2.05, 4.69) is 11.8 Å². The Morgan fingerprint density at radius 2 is 2.21 bits per heavy atom. The minimum Gasteiger partial charge on any atom is -0.389 e. The van der Waals surface area contributed by atoms with Gasteiger partial charge in [0.15, 0.2) is 0 Å². The van der Waals surface area contributed by atoms with Crippen LogP contribution < -0.4 is 10.6 Å². The molecule has 0 fully saturated rings. The predicted molar refractivity (Wildman–Crippen MR) is 66.3 cm³/mol. The van der Waals surface area contributed by atoms with Crippen molar-refractivity contribution >= 4 is 34.5 Å². The maximum absolute atomic E-state index is 6.09. The van der Waals surface area contributed by atoms with E-state index in [1.165, 1.54) is 0 Å². The fourth-order valence-corrected chi connectivity index (χ4v) is 1.59. The zero-order valence-electron chi connectivity index (χ0n) is 8.25. The molecule has 0 saturated carbocycles. The number of nitrogens with zero attached hydrogens (tertiary/aromatic N) is 1. The van der Waals surface area contributed by atoms with Crippen LogP contribution in [0, 0.1) is 0 Å². The molecule has 0 saturated heterocycles. The van der Waals surface area contributed by atoms with Crippen molar-refractivity contribution in [1.29, 1.82) is 0 Å². The van der Waals surface area contributed by atoms with Crippen molar-refractivity contribution in [3.05, 3.63) is 28.8 Å². The van der Waals surface area contributed by atoms with Crippen LogP contribution in [0.4, 0.5) is 5.69 Å². The van der Waals surface area contributed by atoms with E-state index in [-0.39, 0.29) is 0 Å². The number of halogens is 1. The molecule has 0 aliphatic heterocycles. The Labute approximate surface area is 94.7 Å². The Balaban J connectivity index is 3.07. The summed E-state index contributed by atoms with van der Waals surface area (Å²) in [7, 11) is 1.99. The van der Waals surface area contributed by atoms with Crippen LogP contribution in [-0.4, -0.2) is 18.6 Å². The topological polar surface area (TPSA) is 29.3 Å². The first-order valence-electron chi connectivity index (χ1n) is 4.36. The molecule has 14 heavy (non-hydrogen) atoms. The standard InChI is InChI=1S/C10H13ClN2S/c1-3-13(2)9-5-4-7(10(12)14)6-8(9)11/h4-6H,3H2,1-2H3,(H2,12,14). The second-order valence-electron chi connectivity index (χ2n) is 3.04. The molecule has 0 bridgehead atoms. The summed E-state index contributed by atoms with van der Waals surface area (Å²) >= 11 is 11.0. The van der Waals surface area contributed by atoms with Crippen molar-refractivity contribution in [2.45, 2.75) is 6.92 Å². The van der Waals surface area contributed by atoms with E-state index in [0.29, 0.717) is 10.0 Å². The highest BCUT2D eigenvalue weighted by molar-refractivity contribution is 7.80. The molecule has 1 aromatic rings. The summed E-state index contributed by atoms with van der Waals surface area (Å²) in [4.78, 5) is 2.43. The van der Waals surface area contributed by atoms with Gasteiger partial charge in [0.2, 0.25) is 0 Å². The molecule has 0 heterocycles. The summed E-state index contributed by atoms with van der Waals surface area (Å²) in [5.74, 6) is 0. The van der Waals surface area contributed by atoms with E-state index in [1.54, 1.807) is 6.07 Å². The Kier molecular flexibility index (Phi) is 3.72. The summed E-state index contributed by atoms with van der Waals surface area (Å²) in [6.45, 7) is 2.98. The molecule has 0 aliphatic rings. The van der Waals surface area contributed by atoms with E-state index in [9.17, 15) is 0 Å². The molecular weight excluding hydrogens is 216 g/mol. The third-order valence-corrected chi connectivity index (χ3v) is 2.66. The summed E-state index contributed by atoms with van der Waals surface area (Å²) in [5.41, 5.74) is 7.30. The first-order chi connectivity index (χ1) is 6.56. The van der Waals surface area contributed by atoms with E-state index >= 15 is 0 Å². The van der Waals surface area contributed by atoms with Crippen molar-refractivity contribution < 1.29 is 0 Å². The van der Waals surface area contributed by atoms with Crippen LogP contribution in [0.25, 0.3) is 0 Å². The van der Waals surface area contributed by atoms with Gasteiger partial charge in [-0.15, -0.1) is 0 Å². The number of hydrogen-bond acceptors (Lipinski definition) is 2. The van der Waals surface area contributed by atoms with Gasteiger partial charge in [0.1, 0.15) is 4.99 Å². The van der Waals surface area contributed by atoms with Crippen LogP contribution in [-0.2, 0) is 0 Å². The normalized spacial score (nSPS) is 9.93. The second kappa shape index (κ2) is 4.62. The van der Waals surface area contributed by atoms with Crippen molar-refractivity contribution in [1.82, 2.24) is 0 Å². The first kappa shape index (κ1) is 11.3. The van der Waals surface area contributed by atoms with Gasteiger partial charge in [-0.1, -0.05) is 23.8 Å². The minimum atomic E-state index is 0.373. The zero-order valence-corrected chi connectivity index (χ0v) is 9.82. The summed E-state index contributed by atoms with van der Waals surface area (Å²) in [6.07, 6.45) is 0. The Hall–Kier alpha value is -0.800. The monoisotopic (exact) mass is 228 g/mol. The second-order valence-corrected chi connectivity index (χ2v) is 3.89. The Morgan fingerprint density at radius 3 is 2.64 bits per heavy atom. The highest BCUT2D eigenvalue weighted by Crippen LogP contribution is 2.25. The zero-order chi connectivity index (χ0) is 10.7. The molecule has 0 spiro atoms. The van der Waals surface area contributed by atoms with Crippen molar-refractivity contribution in [2.24, 2.45) is 5.73 Å². The summed E-state index contributed by atoms with van der Waals surface area (Å²) in [5, 5.41) is 0.680. The van der Waals surface area contributed by atoms with Crippen LogP contribution in [0.3, 0.4) is 0 Å². The first-order valence-corrected chi connectivity index (χ1v) is 5.15. The molecule has 2 nitrogen and oxygen atoms in total. The van der Waals surface area contributed by atoms with Crippen molar-refractivity contribution in [3.63, 3.8) is 0 Å². The molecule has 0 amide bonds. The van der Waals surface area contributed by atoms with Gasteiger partial charge in [0.05, 0.1) is 10.7 Å². The maximum Gasteiger partial charge on any atom is 0.104 e. The molecule has 76 valence electrons. The summed E-state index contributed by atoms with van der Waals surface area (Å²) in [6, 6.07) is 5.61. The van der Waals surface area contributed by atoms with Gasteiger partial charge in [-0.3, -0.25) is 0 Å². The number of anilines is 1. The number of hydrogen-bond donors (Lipinski definition) is 1. The van der Waals surface area contributed by atoms with Crippen LogP contribution in [0.1, 0.15) is 12.5 Å². The van der Waals surface area contributed by atoms with E-state index in [4.69, 9.17) is 29.6 Å². The highest BCUT2D eigenvalue weighted by Gasteiger charge is 2.06. The molecule has 0 unspecified atom stereocenters. The largest absolute Gasteiger partial charge is 0.389 e. The van der Waals surface area contributed by atoms with Gasteiger partial charge in [-0.05, 0) is 25.1 Å². The summed E-state index contributed by atoms with van der Waals surface area (Å²) < 4.78 is 0. The van der Waals surface area contributed by atoms with Crippen LogP contribution in [0.2, 0.25) is 5.02 Å². The minimum absolute atomic E-state index is 0.373. The molecule has 2 N–H and O–H groups in total. The van der Waals surface area contributed by atoms with E-state index in [0.717, 1.165) is 17.8 Å². The maximum atomic E-state index is 6.09. The molecular formula is C10H13ClN2S. The van der Waals surface area contributed by atoms with E-state index in [1.807, 2.05) is 19.2 Å². The van der Waals surface area contributed by atoms with Gasteiger partial charge in [-0.25, -0.2) is 0 Å². The number of benzene rings is 1. The van der Waals surface area contributed by atoms with Crippen molar-refractivity contribution in [3.8, 4) is 0 Å². The number of nitrogens with two attached hydrogens (primary N) is 1. The van der Waals surface area contributed by atoms with Gasteiger partial charge in [-0.2, -0.15) is 0 Å². The highest BCUT2D eigenvalue weighted by atomic mass is 35.5. The number of rotatable bonds is 3.